The maximum atomic E-state index is 2.32. The highest BCUT2D eigenvalue weighted by atomic mass is 28.2. The van der Waals surface area contributed by atoms with Crippen LogP contribution in [0.3, 0.4) is 0 Å². The Bertz CT molecular complexity index is 5.61. The Morgan fingerprint density at radius 2 is 1.80 bits per heavy atom. The summed E-state index contributed by atoms with van der Waals surface area (Å²) in [6.45, 7) is 4.56. The van der Waals surface area contributed by atoms with Crippen LogP contribution in [0.1, 0.15) is 14.4 Å². The van der Waals surface area contributed by atoms with Crippen LogP contribution < -0.4 is 0 Å². The van der Waals surface area contributed by atoms with Crippen LogP contribution in [0, 0.1) is 0 Å². The summed E-state index contributed by atoms with van der Waals surface area (Å²) in [5, 5.41) is 0. The number of rotatable bonds is 1. The third kappa shape index (κ3) is 14.0. The number of hydrogen-bond donors (Lipinski definition) is 0. The third-order valence-corrected chi connectivity index (χ3v) is 1.50. The van der Waals surface area contributed by atoms with Gasteiger partial charge in [0.2, 0.25) is 0 Å². The van der Waals surface area contributed by atoms with Crippen LogP contribution in [0.4, 0.5) is 0 Å². The van der Waals surface area contributed by atoms with Crippen molar-refractivity contribution in [2.45, 2.75) is 26.9 Å². The molecule has 0 aromatic rings. The minimum absolute atomic E-state index is 0. The molecule has 0 aliphatic heterocycles. The Morgan fingerprint density at radius 3 is 1.80 bits per heavy atom. The molecule has 0 atom stereocenters. The fraction of sp³-hybridized carbons (Fsp3) is 1.00. The van der Waals surface area contributed by atoms with Gasteiger partial charge < -0.3 is 0 Å². The summed E-state index contributed by atoms with van der Waals surface area (Å²) >= 11 is 0. The zero-order valence-electron chi connectivity index (χ0n) is 3.41. The van der Waals surface area contributed by atoms with Gasteiger partial charge in [0.15, 0.2) is 0 Å². The Labute approximate surface area is 37.4 Å². The van der Waals surface area contributed by atoms with Crippen molar-refractivity contribution in [2.24, 2.45) is 0 Å². The van der Waals surface area contributed by atoms with Gasteiger partial charge in [-0.1, -0.05) is 26.9 Å². The van der Waals surface area contributed by atoms with E-state index in [0.717, 1.165) is 0 Å². The highest BCUT2D eigenvalue weighted by Gasteiger charge is 1.58. The lowest BCUT2D eigenvalue weighted by molar-refractivity contribution is 1.45. The van der Waals surface area contributed by atoms with Crippen molar-refractivity contribution in [1.29, 1.82) is 0 Å². The molecule has 0 aliphatic rings. The van der Waals surface area contributed by atoms with Crippen LogP contribution in [-0.4, -0.2) is 9.52 Å². The summed E-state index contributed by atoms with van der Waals surface area (Å²) in [5.41, 5.74) is 0. The number of hydrogen-bond acceptors (Lipinski definition) is 0. The van der Waals surface area contributed by atoms with Crippen LogP contribution in [0.2, 0.25) is 12.6 Å². The van der Waals surface area contributed by atoms with E-state index in [2.05, 4.69) is 13.5 Å². The second-order valence-electron chi connectivity index (χ2n) is 1.000. The van der Waals surface area contributed by atoms with E-state index in [1.807, 2.05) is 0 Å². The third-order valence-electron chi connectivity index (χ3n) is 0.500. The summed E-state index contributed by atoms with van der Waals surface area (Å²) in [5.74, 6) is 0. The van der Waals surface area contributed by atoms with Gasteiger partial charge in [0.05, 0.1) is 0 Å². The van der Waals surface area contributed by atoms with E-state index in [0.29, 0.717) is 9.52 Å². The van der Waals surface area contributed by atoms with Crippen LogP contribution in [0.25, 0.3) is 0 Å². The van der Waals surface area contributed by atoms with Gasteiger partial charge in [-0.3, -0.25) is 0 Å². The Morgan fingerprint density at radius 1 is 1.60 bits per heavy atom. The molecule has 0 saturated heterocycles. The summed E-state index contributed by atoms with van der Waals surface area (Å²) in [6, 6.07) is 1.46. The van der Waals surface area contributed by atoms with E-state index in [4.69, 9.17) is 0 Å². The molecule has 0 bridgehead atoms. The topological polar surface area (TPSA) is 0 Å². The summed E-state index contributed by atoms with van der Waals surface area (Å²) in [4.78, 5) is 0. The zero-order valence-corrected chi connectivity index (χ0v) is 4.83. The summed E-state index contributed by atoms with van der Waals surface area (Å²) in [7, 11) is 0.424. The minimum atomic E-state index is 0. The molecule has 0 rings (SSSR count). The Hall–Kier alpha value is 0.217. The predicted octanol–water partition coefficient (Wildman–Crippen LogP) is 1.28. The first-order valence-corrected chi connectivity index (χ1v) is 4.33. The molecule has 0 N–H and O–H groups in total. The van der Waals surface area contributed by atoms with Gasteiger partial charge in [0, 0.05) is 9.52 Å². The molecule has 5 heavy (non-hydrogen) atoms. The normalized spacial score (nSPS) is 8.40. The van der Waals surface area contributed by atoms with Crippen molar-refractivity contribution in [1.82, 2.24) is 0 Å². The van der Waals surface area contributed by atoms with Crippen molar-refractivity contribution in [2.75, 3.05) is 0 Å². The standard InChI is InChI=1S/C3H10Si.CH4/c1-3-4-2;/h3-4H2,1-2H3;1H4. The van der Waals surface area contributed by atoms with E-state index in [9.17, 15) is 0 Å². The molecule has 1 heteroatoms. The van der Waals surface area contributed by atoms with Gasteiger partial charge in [0.1, 0.15) is 0 Å². The van der Waals surface area contributed by atoms with Crippen LogP contribution >= 0.6 is 0 Å². The minimum Gasteiger partial charge on any atom is -0.0776 e. The molecule has 0 radical (unpaired) electrons. The smallest absolute Gasteiger partial charge is 0.0163 e. The van der Waals surface area contributed by atoms with E-state index in [1.165, 1.54) is 6.04 Å². The first-order valence-electron chi connectivity index (χ1n) is 1.91. The quantitative estimate of drug-likeness (QED) is 0.425. The molecule has 0 aromatic heterocycles. The van der Waals surface area contributed by atoms with Gasteiger partial charge in [0.25, 0.3) is 0 Å². The SMILES string of the molecule is C.CC[SiH2]C. The average Bonchev–Trinajstić information content (AvgIpc) is 1.37. The molecule has 0 aromatic carbocycles. The van der Waals surface area contributed by atoms with Crippen molar-refractivity contribution in [3.8, 4) is 0 Å². The second kappa shape index (κ2) is 8.88. The second-order valence-corrected chi connectivity index (χ2v) is 3.00. The summed E-state index contributed by atoms with van der Waals surface area (Å²) in [6.07, 6.45) is 0. The van der Waals surface area contributed by atoms with E-state index in [-0.39, 0.29) is 7.43 Å². The average molecular weight is 90.2 g/mol. The molecule has 0 aliphatic carbocycles. The molecular formula is C4H14Si. The summed E-state index contributed by atoms with van der Waals surface area (Å²) < 4.78 is 0. The van der Waals surface area contributed by atoms with Crippen molar-refractivity contribution < 1.29 is 0 Å². The molecule has 0 unspecified atom stereocenters. The lowest BCUT2D eigenvalue weighted by Crippen LogP contribution is -1.67. The molecular weight excluding hydrogens is 76.1 g/mol. The van der Waals surface area contributed by atoms with Gasteiger partial charge in [-0.15, -0.1) is 0 Å². The maximum absolute atomic E-state index is 2.32. The van der Waals surface area contributed by atoms with E-state index in [1.54, 1.807) is 0 Å². The van der Waals surface area contributed by atoms with Crippen molar-refractivity contribution >= 4 is 9.52 Å². The Kier molecular flexibility index (Phi) is 15.9. The van der Waals surface area contributed by atoms with Gasteiger partial charge >= 0.3 is 0 Å². The molecule has 0 spiro atoms. The lowest BCUT2D eigenvalue weighted by atomic mass is 11.0. The molecule has 0 amide bonds. The maximum Gasteiger partial charge on any atom is 0.0163 e. The molecule has 0 fully saturated rings. The molecule has 0 saturated carbocycles. The fourth-order valence-electron chi connectivity index (χ4n) is 0. The fourth-order valence-corrected chi connectivity index (χ4v) is 0. The first-order chi connectivity index (χ1) is 1.91. The first kappa shape index (κ1) is 8.96. The van der Waals surface area contributed by atoms with Crippen molar-refractivity contribution in [3.05, 3.63) is 0 Å². The Balaban J connectivity index is 0. The van der Waals surface area contributed by atoms with Crippen LogP contribution in [0.5, 0.6) is 0 Å². The predicted molar refractivity (Wildman–Crippen MR) is 31.6 cm³/mol. The monoisotopic (exact) mass is 90.1 g/mol. The van der Waals surface area contributed by atoms with Crippen LogP contribution in [0.15, 0.2) is 0 Å². The largest absolute Gasteiger partial charge is 0.0776 e. The zero-order chi connectivity index (χ0) is 3.41. The highest BCUT2D eigenvalue weighted by molar-refractivity contribution is 6.33. The lowest BCUT2D eigenvalue weighted by Gasteiger charge is -1.66. The molecule has 0 nitrogen and oxygen atoms in total. The van der Waals surface area contributed by atoms with E-state index < -0.39 is 0 Å². The van der Waals surface area contributed by atoms with Gasteiger partial charge in [-0.05, 0) is 0 Å². The van der Waals surface area contributed by atoms with E-state index >= 15 is 0 Å². The molecule has 34 valence electrons. The van der Waals surface area contributed by atoms with Crippen molar-refractivity contribution in [3.63, 3.8) is 0 Å². The molecule has 0 heterocycles. The van der Waals surface area contributed by atoms with Crippen LogP contribution in [-0.2, 0) is 0 Å². The van der Waals surface area contributed by atoms with Gasteiger partial charge in [-0.25, -0.2) is 0 Å². The highest BCUT2D eigenvalue weighted by Crippen LogP contribution is 1.64. The van der Waals surface area contributed by atoms with Gasteiger partial charge in [-0.2, -0.15) is 0 Å².